The molecule has 0 aliphatic rings. The molecule has 0 saturated heterocycles. The van der Waals surface area contributed by atoms with Crippen LogP contribution in [0.5, 0.6) is 5.75 Å². The second kappa shape index (κ2) is 8.84. The Morgan fingerprint density at radius 2 is 1.97 bits per heavy atom. The number of fused-ring (bicyclic) bond motifs is 3. The topological polar surface area (TPSA) is 103 Å². The maximum absolute atomic E-state index is 12.9. The van der Waals surface area contributed by atoms with Crippen LogP contribution in [-0.2, 0) is 6.42 Å². The first-order valence-electron chi connectivity index (χ1n) is 10.4. The second-order valence-corrected chi connectivity index (χ2v) is 8.58. The summed E-state index contributed by atoms with van der Waals surface area (Å²) in [5.74, 6) is 0.838. The predicted molar refractivity (Wildman–Crippen MR) is 132 cm³/mol. The number of nitrogens with one attached hydrogen (secondary N) is 1. The molecule has 0 atom stereocenters. The number of nitrogen functional groups attached to an aromatic ring is 1. The van der Waals surface area contributed by atoms with E-state index in [9.17, 15) is 4.79 Å². The van der Waals surface area contributed by atoms with Crippen LogP contribution < -0.4 is 15.8 Å². The highest BCUT2D eigenvalue weighted by atomic mass is 32.1. The maximum Gasteiger partial charge on any atom is 0.255 e. The van der Waals surface area contributed by atoms with Crippen LogP contribution in [0.1, 0.15) is 15.9 Å². The summed E-state index contributed by atoms with van der Waals surface area (Å²) in [6, 6.07) is 15.7. The van der Waals surface area contributed by atoms with Gasteiger partial charge in [-0.2, -0.15) is 0 Å². The number of methoxy groups -OCH3 is 1. The lowest BCUT2D eigenvalue weighted by atomic mass is 10.0. The minimum absolute atomic E-state index is 0.177. The van der Waals surface area contributed by atoms with Gasteiger partial charge in [0.2, 0.25) is 0 Å². The number of hydrogen-bond acceptors (Lipinski definition) is 7. The summed E-state index contributed by atoms with van der Waals surface area (Å²) in [6.45, 7) is 0.508. The molecule has 3 N–H and O–H groups in total. The molecule has 0 bridgehead atoms. The molecule has 3 aromatic heterocycles. The van der Waals surface area contributed by atoms with Crippen LogP contribution in [0.2, 0.25) is 0 Å². The zero-order valence-corrected chi connectivity index (χ0v) is 18.7. The van der Waals surface area contributed by atoms with Crippen molar-refractivity contribution in [3.8, 4) is 16.9 Å². The van der Waals surface area contributed by atoms with E-state index in [4.69, 9.17) is 10.5 Å². The molecule has 33 heavy (non-hydrogen) atoms. The van der Waals surface area contributed by atoms with E-state index in [2.05, 4.69) is 26.3 Å². The van der Waals surface area contributed by atoms with E-state index in [0.29, 0.717) is 30.1 Å². The van der Waals surface area contributed by atoms with Crippen LogP contribution >= 0.6 is 11.3 Å². The van der Waals surface area contributed by atoms with Gasteiger partial charge in [-0.05, 0) is 47.4 Å². The maximum atomic E-state index is 12.9. The molecule has 0 unspecified atom stereocenters. The van der Waals surface area contributed by atoms with Gasteiger partial charge in [-0.3, -0.25) is 9.78 Å². The lowest BCUT2D eigenvalue weighted by Crippen LogP contribution is -2.26. The fraction of sp³-hybridized carbons (Fsp3) is 0.120. The summed E-state index contributed by atoms with van der Waals surface area (Å²) in [6.07, 6.45) is 5.73. The summed E-state index contributed by atoms with van der Waals surface area (Å²) in [5.41, 5.74) is 10.4. The van der Waals surface area contributed by atoms with Crippen LogP contribution in [-0.4, -0.2) is 34.5 Å². The van der Waals surface area contributed by atoms with Gasteiger partial charge in [0.25, 0.3) is 5.91 Å². The van der Waals surface area contributed by atoms with Crippen LogP contribution in [0.3, 0.4) is 0 Å². The minimum Gasteiger partial charge on any atom is -0.496 e. The van der Waals surface area contributed by atoms with Crippen molar-refractivity contribution >= 4 is 43.4 Å². The number of benzene rings is 2. The second-order valence-electron chi connectivity index (χ2n) is 7.53. The SMILES string of the molecule is COc1ccc(-c2ccc3c(c2)sc2c(N)ncnc23)cc1C(=O)NCCc1cccnc1. The number of thiophene rings is 1. The van der Waals surface area contributed by atoms with Crippen molar-refractivity contribution in [3.05, 3.63) is 78.4 Å². The molecule has 164 valence electrons. The standard InChI is InChI=1S/C25H21N5O2S/c1-32-20-7-5-16(11-19(20)25(31)28-10-8-15-3-2-9-27-13-15)17-4-6-18-21(12-17)33-23-22(18)29-14-30-24(23)26/h2-7,9,11-14H,8,10H2,1H3,(H,28,31)(H2,26,29,30). The lowest BCUT2D eigenvalue weighted by molar-refractivity contribution is 0.0951. The minimum atomic E-state index is -0.177. The van der Waals surface area contributed by atoms with E-state index in [1.54, 1.807) is 30.8 Å². The molecule has 1 amide bonds. The summed E-state index contributed by atoms with van der Waals surface area (Å²) >= 11 is 1.57. The number of aromatic nitrogens is 3. The number of amides is 1. The molecule has 7 nitrogen and oxygen atoms in total. The van der Waals surface area contributed by atoms with Gasteiger partial charge < -0.3 is 15.8 Å². The van der Waals surface area contributed by atoms with E-state index >= 15 is 0 Å². The van der Waals surface area contributed by atoms with Gasteiger partial charge in [0, 0.05) is 29.0 Å². The smallest absolute Gasteiger partial charge is 0.255 e. The monoisotopic (exact) mass is 455 g/mol. The molecule has 0 radical (unpaired) electrons. The Hall–Kier alpha value is -4.04. The molecule has 0 fully saturated rings. The fourth-order valence-electron chi connectivity index (χ4n) is 3.80. The first kappa shape index (κ1) is 20.8. The number of ether oxygens (including phenoxy) is 1. The average molecular weight is 456 g/mol. The number of anilines is 1. The largest absolute Gasteiger partial charge is 0.496 e. The number of carbonyl (C=O) groups is 1. The van der Waals surface area contributed by atoms with Crippen molar-refractivity contribution in [1.29, 1.82) is 0 Å². The molecule has 0 aliphatic heterocycles. The zero-order chi connectivity index (χ0) is 22.8. The number of carbonyl (C=O) groups excluding carboxylic acids is 1. The first-order valence-corrected chi connectivity index (χ1v) is 11.2. The Balaban J connectivity index is 1.43. The molecule has 0 spiro atoms. The number of nitrogens with two attached hydrogens (primary N) is 1. The average Bonchev–Trinajstić information content (AvgIpc) is 3.23. The number of nitrogens with zero attached hydrogens (tertiary/aromatic N) is 3. The normalized spacial score (nSPS) is 11.1. The molecule has 0 aliphatic carbocycles. The van der Waals surface area contributed by atoms with E-state index in [1.165, 1.54) is 6.33 Å². The molecule has 2 aromatic carbocycles. The molecule has 5 aromatic rings. The summed E-state index contributed by atoms with van der Waals surface area (Å²) in [5, 5.41) is 4.02. The van der Waals surface area contributed by atoms with Gasteiger partial charge in [0.05, 0.1) is 22.9 Å². The predicted octanol–water partition coefficient (Wildman–Crippen LogP) is 4.47. The van der Waals surface area contributed by atoms with Crippen LogP contribution in [0.25, 0.3) is 31.4 Å². The highest BCUT2D eigenvalue weighted by Gasteiger charge is 2.15. The van der Waals surface area contributed by atoms with E-state index < -0.39 is 0 Å². The van der Waals surface area contributed by atoms with Crippen LogP contribution in [0.4, 0.5) is 5.82 Å². The van der Waals surface area contributed by atoms with Crippen molar-refractivity contribution in [1.82, 2.24) is 20.3 Å². The van der Waals surface area contributed by atoms with Crippen LogP contribution in [0.15, 0.2) is 67.3 Å². The molecule has 5 rings (SSSR count). The number of rotatable bonds is 6. The van der Waals surface area contributed by atoms with Crippen molar-refractivity contribution in [3.63, 3.8) is 0 Å². The quantitative estimate of drug-likeness (QED) is 0.392. The molecule has 8 heteroatoms. The van der Waals surface area contributed by atoms with E-state index in [-0.39, 0.29) is 5.91 Å². The Labute approximate surface area is 194 Å². The fourth-order valence-corrected chi connectivity index (χ4v) is 4.90. The summed E-state index contributed by atoms with van der Waals surface area (Å²) in [4.78, 5) is 25.5. The van der Waals surface area contributed by atoms with Crippen LogP contribution in [0, 0.1) is 0 Å². The van der Waals surface area contributed by atoms with Crippen molar-refractivity contribution < 1.29 is 9.53 Å². The van der Waals surface area contributed by atoms with E-state index in [1.807, 2.05) is 42.5 Å². The Bertz CT molecular complexity index is 1470. The van der Waals surface area contributed by atoms with Crippen molar-refractivity contribution in [2.75, 3.05) is 19.4 Å². The molecular formula is C25H21N5O2S. The van der Waals surface area contributed by atoms with Gasteiger partial charge in [0.15, 0.2) is 0 Å². The van der Waals surface area contributed by atoms with Gasteiger partial charge in [-0.1, -0.05) is 24.3 Å². The summed E-state index contributed by atoms with van der Waals surface area (Å²) < 4.78 is 7.39. The summed E-state index contributed by atoms with van der Waals surface area (Å²) in [7, 11) is 1.57. The Morgan fingerprint density at radius 3 is 2.79 bits per heavy atom. The third-order valence-electron chi connectivity index (χ3n) is 5.48. The molecular weight excluding hydrogens is 434 g/mol. The van der Waals surface area contributed by atoms with Gasteiger partial charge >= 0.3 is 0 Å². The molecule has 0 saturated carbocycles. The Morgan fingerprint density at radius 1 is 1.12 bits per heavy atom. The zero-order valence-electron chi connectivity index (χ0n) is 17.9. The lowest BCUT2D eigenvalue weighted by Gasteiger charge is -2.12. The van der Waals surface area contributed by atoms with Crippen molar-refractivity contribution in [2.24, 2.45) is 0 Å². The number of pyridine rings is 1. The van der Waals surface area contributed by atoms with Crippen molar-refractivity contribution in [2.45, 2.75) is 6.42 Å². The third kappa shape index (κ3) is 4.08. The highest BCUT2D eigenvalue weighted by Crippen LogP contribution is 2.37. The molecule has 3 heterocycles. The first-order chi connectivity index (χ1) is 16.1. The van der Waals surface area contributed by atoms with Gasteiger partial charge in [-0.25, -0.2) is 9.97 Å². The highest BCUT2D eigenvalue weighted by molar-refractivity contribution is 7.26. The number of hydrogen-bond donors (Lipinski definition) is 2. The van der Waals surface area contributed by atoms with E-state index in [0.717, 1.165) is 37.0 Å². The van der Waals surface area contributed by atoms with Gasteiger partial charge in [0.1, 0.15) is 17.9 Å². The van der Waals surface area contributed by atoms with Gasteiger partial charge in [-0.15, -0.1) is 11.3 Å². The third-order valence-corrected chi connectivity index (χ3v) is 6.64. The Kier molecular flexibility index (Phi) is 5.58.